The molecule has 6 aromatic rings. The molecular formula is C114H218O9. The summed E-state index contributed by atoms with van der Waals surface area (Å²) in [6, 6.07) is 49.2. The zero-order valence-electron chi connectivity index (χ0n) is 90.9. The Hall–Kier alpha value is -5.52. The van der Waals surface area contributed by atoms with E-state index in [2.05, 4.69) is 251 Å². The average molecular weight is 1730 g/mol. The summed E-state index contributed by atoms with van der Waals surface area (Å²) in [6.07, 6.45) is 35.7. The molecule has 0 radical (unpaired) electrons. The Morgan fingerprint density at radius 2 is 0.520 bits per heavy atom. The highest BCUT2D eigenvalue weighted by Crippen LogP contribution is 2.16. The second-order valence-corrected chi connectivity index (χ2v) is 33.7. The van der Waals surface area contributed by atoms with Gasteiger partial charge in [0.1, 0.15) is 17.2 Å². The molecule has 0 bridgehead atoms. The van der Waals surface area contributed by atoms with Crippen molar-refractivity contribution in [1.29, 1.82) is 0 Å². The number of para-hydroxylation sites is 1. The van der Waals surface area contributed by atoms with Crippen molar-refractivity contribution in [2.75, 3.05) is 90.4 Å². The molecule has 0 unspecified atom stereocenters. The third kappa shape index (κ3) is 175. The van der Waals surface area contributed by atoms with E-state index in [1.165, 1.54) is 211 Å². The van der Waals surface area contributed by atoms with Gasteiger partial charge in [-0.1, -0.05) is 429 Å². The van der Waals surface area contributed by atoms with Crippen LogP contribution < -0.4 is 14.2 Å². The lowest BCUT2D eigenvalue weighted by atomic mass is 10.0. The summed E-state index contributed by atoms with van der Waals surface area (Å²) in [5, 5.41) is 0. The molecule has 0 aliphatic heterocycles. The first-order valence-electron chi connectivity index (χ1n) is 48.2. The quantitative estimate of drug-likeness (QED) is 0.0410. The number of aryl methyl sites for hydroxylation is 9. The van der Waals surface area contributed by atoms with E-state index >= 15 is 0 Å². The Bertz CT molecular complexity index is 2620. The van der Waals surface area contributed by atoms with Crippen LogP contribution in [0.25, 0.3) is 0 Å². The van der Waals surface area contributed by atoms with Gasteiger partial charge in [0.15, 0.2) is 0 Å². The van der Waals surface area contributed by atoms with E-state index in [1.54, 1.807) is 64.0 Å². The number of rotatable bonds is 30. The Balaban J connectivity index is -0.0000000954. The topological polar surface area (TPSA) is 83.1 Å². The van der Waals surface area contributed by atoms with Crippen molar-refractivity contribution in [3.05, 3.63) is 196 Å². The van der Waals surface area contributed by atoms with Crippen LogP contribution in [0, 0.1) is 73.6 Å². The minimum absolute atomic E-state index is 0.0417. The van der Waals surface area contributed by atoms with Crippen molar-refractivity contribution in [2.24, 2.45) is 11.3 Å². The normalized spacial score (nSPS) is 9.32. The van der Waals surface area contributed by atoms with Gasteiger partial charge in [-0.15, -0.1) is 0 Å². The van der Waals surface area contributed by atoms with Crippen LogP contribution in [0.4, 0.5) is 0 Å². The molecule has 0 amide bonds. The molecule has 0 fully saturated rings. The summed E-state index contributed by atoms with van der Waals surface area (Å²) in [5.74, 6) is 3.63. The fourth-order valence-electron chi connectivity index (χ4n) is 7.92. The van der Waals surface area contributed by atoms with Gasteiger partial charge in [0, 0.05) is 69.1 Å². The second-order valence-electron chi connectivity index (χ2n) is 33.7. The van der Waals surface area contributed by atoms with Gasteiger partial charge in [-0.3, -0.25) is 0 Å². The zero-order valence-corrected chi connectivity index (χ0v) is 90.9. The van der Waals surface area contributed by atoms with Crippen molar-refractivity contribution in [2.45, 2.75) is 421 Å². The lowest BCUT2D eigenvalue weighted by Crippen LogP contribution is -2.15. The number of hydrogen-bond acceptors (Lipinski definition) is 9. The smallest absolute Gasteiger partial charge is 0.121 e. The maximum absolute atomic E-state index is 5.04. The van der Waals surface area contributed by atoms with Gasteiger partial charge >= 0.3 is 0 Å². The van der Waals surface area contributed by atoms with Crippen molar-refractivity contribution < 1.29 is 42.6 Å². The third-order valence-electron chi connectivity index (χ3n) is 15.7. The molecule has 123 heavy (non-hydrogen) atoms. The van der Waals surface area contributed by atoms with E-state index in [1.807, 2.05) is 142 Å². The molecule has 0 aliphatic rings. The Morgan fingerprint density at radius 1 is 0.268 bits per heavy atom. The van der Waals surface area contributed by atoms with Crippen LogP contribution in [0.3, 0.4) is 0 Å². The maximum atomic E-state index is 5.04. The van der Waals surface area contributed by atoms with E-state index in [4.69, 9.17) is 37.9 Å². The number of methoxy groups -OCH3 is 9. The predicted molar refractivity (Wildman–Crippen MR) is 562 cm³/mol. The first-order valence-corrected chi connectivity index (χ1v) is 48.2. The summed E-state index contributed by atoms with van der Waals surface area (Å²) < 4.78 is 43.7. The minimum Gasteiger partial charge on any atom is -0.497 e. The van der Waals surface area contributed by atoms with Crippen LogP contribution in [0.5, 0.6) is 17.2 Å². The lowest BCUT2D eigenvalue weighted by molar-refractivity contribution is 0.0397. The number of ether oxygens (including phenoxy) is 9. The fourth-order valence-corrected chi connectivity index (χ4v) is 7.92. The summed E-state index contributed by atoms with van der Waals surface area (Å²) >= 11 is 0. The summed E-state index contributed by atoms with van der Waals surface area (Å²) in [4.78, 5) is 0. The van der Waals surface area contributed by atoms with Crippen LogP contribution in [0.15, 0.2) is 146 Å². The number of unbranched alkanes of at least 4 members (excludes halogenated alkanes) is 19. The third-order valence-corrected chi connectivity index (χ3v) is 15.7. The van der Waals surface area contributed by atoms with Crippen LogP contribution in [0.1, 0.15) is 397 Å². The highest BCUT2D eigenvalue weighted by molar-refractivity contribution is 5.31. The van der Waals surface area contributed by atoms with Gasteiger partial charge in [0.05, 0.1) is 33.0 Å². The van der Waals surface area contributed by atoms with Gasteiger partial charge in [0.2, 0.25) is 0 Å². The zero-order chi connectivity index (χ0) is 97.6. The number of hydrogen-bond donors (Lipinski definition) is 0. The highest BCUT2D eigenvalue weighted by Gasteiger charge is 2.04. The molecule has 6 aromatic carbocycles. The molecule has 9 heteroatoms. The molecule has 0 aliphatic carbocycles. The molecule has 0 spiro atoms. The van der Waals surface area contributed by atoms with Gasteiger partial charge in [-0.05, 0) is 187 Å². The molecule has 0 saturated carbocycles. The molecule has 6 rings (SSSR count). The number of benzene rings is 6. The van der Waals surface area contributed by atoms with Crippen molar-refractivity contribution in [3.63, 3.8) is 0 Å². The van der Waals surface area contributed by atoms with E-state index in [0.29, 0.717) is 11.5 Å². The van der Waals surface area contributed by atoms with Gasteiger partial charge in [0.25, 0.3) is 0 Å². The van der Waals surface area contributed by atoms with Crippen molar-refractivity contribution >= 4 is 0 Å². The molecule has 0 heterocycles. The molecular weight excluding hydrogens is 1510 g/mol. The van der Waals surface area contributed by atoms with E-state index < -0.39 is 0 Å². The van der Waals surface area contributed by atoms with Crippen LogP contribution in [0.2, 0.25) is 0 Å². The first-order chi connectivity index (χ1) is 58.3. The Labute approximate surface area is 773 Å². The fraction of sp³-hybridized carbons (Fsp3) is 0.684. The Kier molecular flexibility index (Phi) is 148. The molecule has 728 valence electrons. The van der Waals surface area contributed by atoms with Crippen LogP contribution in [-0.4, -0.2) is 102 Å². The van der Waals surface area contributed by atoms with Gasteiger partial charge in [-0.2, -0.15) is 0 Å². The standard InChI is InChI=1S/C10H22O.C10H22.3C8H10O.3C8H10.C6H14O.C6H14.C5H12O.C5H12.2C4H10O.2C4H10.C3H8O.C3H8.C2H6/c1-3-4-5-6-7-8-9-10-11-2;1-3-5-7-9-10-8-6-4-2;1-7-3-5-8(9-2)6-4-7;1-7-4-3-5-8(6-7)9-2;1-7-5-3-4-6-8(7)9-2;1-7-3-5-8(2)6-4-7;1-7-4-3-5-8(2)6-7;1-7-5-3-4-6-8(7)2;1-3-4-5-6-7-2;1-3-5-6-4-2;1-5(2,3)6-4;1-5(2,3)4;1-4(2)5-3;1-3-4-5-2;1-4(2)3;2*1-3-4-2;1-3-2;1-2/h3-10H2,1-2H3;3-10H2,1-2H3;3*3-6H,1-2H3;3*3-6H,1-2H3;3-6H2,1-2H3;3-6H2,1-2H3;1-4H3;1-4H3;4H,1-3H3;3-4H2,1-2H3;4H,1-3H3;3-4H2,1-2H3;3H2,1-2H3;3H2,1-2H3;1-2H3. The lowest BCUT2D eigenvalue weighted by Gasteiger charge is -2.14. The van der Waals surface area contributed by atoms with Gasteiger partial charge < -0.3 is 42.6 Å². The molecule has 0 aromatic heterocycles. The molecule has 0 saturated heterocycles. The summed E-state index contributed by atoms with van der Waals surface area (Å²) in [7, 11) is 15.3. The Morgan fingerprint density at radius 3 is 0.715 bits per heavy atom. The monoisotopic (exact) mass is 1730 g/mol. The maximum Gasteiger partial charge on any atom is 0.121 e. The van der Waals surface area contributed by atoms with Crippen molar-refractivity contribution in [1.82, 2.24) is 0 Å². The summed E-state index contributed by atoms with van der Waals surface area (Å²) in [5.41, 5.74) is 12.3. The molecule has 0 atom stereocenters. The van der Waals surface area contributed by atoms with Crippen LogP contribution >= 0.6 is 0 Å². The first kappa shape index (κ1) is 146. The van der Waals surface area contributed by atoms with E-state index in [0.717, 1.165) is 56.0 Å². The van der Waals surface area contributed by atoms with Crippen LogP contribution in [-0.2, 0) is 28.4 Å². The predicted octanol–water partition coefficient (Wildman–Crippen LogP) is 37.0. The highest BCUT2D eigenvalue weighted by atomic mass is 16.5. The van der Waals surface area contributed by atoms with Crippen molar-refractivity contribution in [3.8, 4) is 17.2 Å². The minimum atomic E-state index is 0.0417. The largest absolute Gasteiger partial charge is 0.497 e. The average Bonchev–Trinajstić information content (AvgIpc) is 0.918. The summed E-state index contributed by atoms with van der Waals surface area (Å²) in [6.45, 7) is 77.8. The van der Waals surface area contributed by atoms with E-state index in [-0.39, 0.29) is 5.60 Å². The molecule has 0 N–H and O–H groups in total. The SMILES string of the molecule is CC.CC(C)(C)C.CC(C)C.CCC.CCCC.CCCCCC.CCCCCCCCCC.CCCCCCCCCOC.CCCCCOC.CCCOC.CCOC.COC(C)(C)C.COC(C)C.COc1ccc(C)cc1.COc1cccc(C)c1.COc1ccccc1C.Cc1ccc(C)cc1.Cc1cccc(C)c1.Cc1ccccc1C. The van der Waals surface area contributed by atoms with Gasteiger partial charge in [-0.25, -0.2) is 0 Å². The molecule has 9 nitrogen and oxygen atoms in total. The second kappa shape index (κ2) is 125. The van der Waals surface area contributed by atoms with E-state index in [9.17, 15) is 0 Å².